The third-order valence-electron chi connectivity index (χ3n) is 3.91. The first kappa shape index (κ1) is 18.2. The lowest BCUT2D eigenvalue weighted by molar-refractivity contribution is -0.134. The highest BCUT2D eigenvalue weighted by atomic mass is 32.2. The largest absolute Gasteiger partial charge is 0.496 e. The fraction of sp³-hybridized carbons (Fsp3) is 0.467. The number of nitrogens with one attached hydrogen (secondary N) is 1. The van der Waals surface area contributed by atoms with Crippen molar-refractivity contribution in [3.63, 3.8) is 0 Å². The average Bonchev–Trinajstić information content (AvgIpc) is 2.59. The van der Waals surface area contributed by atoms with Gasteiger partial charge in [0, 0.05) is 26.2 Å². The molecule has 0 spiro atoms. The standard InChI is InChI=1S/C15H21N3O5S/c1-12-9-13(3-4-14(12)23-2)24(21,22)16-10-15(20)18-7-5-17(11-19)6-8-18/h3-4,9,11,16H,5-8,10H2,1-2H3. The van der Waals surface area contributed by atoms with Gasteiger partial charge in [0.2, 0.25) is 22.3 Å². The van der Waals surface area contributed by atoms with E-state index in [9.17, 15) is 18.0 Å². The van der Waals surface area contributed by atoms with E-state index in [-0.39, 0.29) is 17.3 Å². The van der Waals surface area contributed by atoms with E-state index in [0.29, 0.717) is 37.5 Å². The zero-order valence-electron chi connectivity index (χ0n) is 13.7. The van der Waals surface area contributed by atoms with Crippen molar-refractivity contribution >= 4 is 22.3 Å². The molecule has 1 N–H and O–H groups in total. The van der Waals surface area contributed by atoms with Gasteiger partial charge in [-0.25, -0.2) is 13.1 Å². The Labute approximate surface area is 141 Å². The number of methoxy groups -OCH3 is 1. The van der Waals surface area contributed by atoms with Crippen molar-refractivity contribution in [2.75, 3.05) is 39.8 Å². The molecule has 0 aliphatic carbocycles. The zero-order chi connectivity index (χ0) is 17.7. The van der Waals surface area contributed by atoms with Crippen LogP contribution in [0.15, 0.2) is 23.1 Å². The van der Waals surface area contributed by atoms with Crippen LogP contribution in [0.4, 0.5) is 0 Å². The van der Waals surface area contributed by atoms with Crippen LogP contribution < -0.4 is 9.46 Å². The highest BCUT2D eigenvalue weighted by Crippen LogP contribution is 2.21. The van der Waals surface area contributed by atoms with E-state index < -0.39 is 10.0 Å². The predicted octanol–water partition coefficient (Wildman–Crippen LogP) is -0.417. The predicted molar refractivity (Wildman–Crippen MR) is 87.1 cm³/mol. The molecule has 1 aromatic rings. The summed E-state index contributed by atoms with van der Waals surface area (Å²) in [6, 6.07) is 4.50. The van der Waals surface area contributed by atoms with Gasteiger partial charge in [0.05, 0.1) is 18.6 Å². The highest BCUT2D eigenvalue weighted by Gasteiger charge is 2.22. The van der Waals surface area contributed by atoms with Gasteiger partial charge in [0.15, 0.2) is 0 Å². The Bertz CT molecular complexity index is 712. The van der Waals surface area contributed by atoms with Gasteiger partial charge in [-0.15, -0.1) is 0 Å². The SMILES string of the molecule is COc1ccc(S(=O)(=O)NCC(=O)N2CCN(C=O)CC2)cc1C. The Morgan fingerprint density at radius 1 is 1.29 bits per heavy atom. The fourth-order valence-electron chi connectivity index (χ4n) is 2.45. The van der Waals surface area contributed by atoms with Crippen LogP contribution in [-0.2, 0) is 19.6 Å². The molecule has 1 aromatic carbocycles. The Balaban J connectivity index is 1.96. The van der Waals surface area contributed by atoms with Gasteiger partial charge in [-0.05, 0) is 30.7 Å². The van der Waals surface area contributed by atoms with E-state index in [1.165, 1.54) is 19.2 Å². The molecule has 2 amide bonds. The van der Waals surface area contributed by atoms with Crippen LogP contribution in [0.5, 0.6) is 5.75 Å². The second-order valence-corrected chi connectivity index (χ2v) is 7.25. The maximum Gasteiger partial charge on any atom is 0.241 e. The van der Waals surface area contributed by atoms with Crippen LogP contribution in [0.25, 0.3) is 0 Å². The third-order valence-corrected chi connectivity index (χ3v) is 5.30. The lowest BCUT2D eigenvalue weighted by Crippen LogP contribution is -2.50. The van der Waals surface area contributed by atoms with E-state index in [0.717, 1.165) is 6.41 Å². The van der Waals surface area contributed by atoms with Crippen LogP contribution in [0, 0.1) is 6.92 Å². The van der Waals surface area contributed by atoms with Gasteiger partial charge < -0.3 is 14.5 Å². The Morgan fingerprint density at radius 3 is 2.50 bits per heavy atom. The molecule has 0 saturated carbocycles. The van der Waals surface area contributed by atoms with Crippen molar-refractivity contribution in [3.05, 3.63) is 23.8 Å². The van der Waals surface area contributed by atoms with Crippen LogP contribution in [0.2, 0.25) is 0 Å². The molecule has 1 aliphatic heterocycles. The number of rotatable bonds is 6. The number of amides is 2. The molecule has 1 saturated heterocycles. The summed E-state index contributed by atoms with van der Waals surface area (Å²) in [5.41, 5.74) is 0.691. The van der Waals surface area contributed by atoms with E-state index >= 15 is 0 Å². The number of ether oxygens (including phenoxy) is 1. The zero-order valence-corrected chi connectivity index (χ0v) is 14.5. The molecular formula is C15H21N3O5S. The molecule has 24 heavy (non-hydrogen) atoms. The smallest absolute Gasteiger partial charge is 0.241 e. The maximum atomic E-state index is 12.3. The normalized spacial score (nSPS) is 15.2. The second-order valence-electron chi connectivity index (χ2n) is 5.48. The van der Waals surface area contributed by atoms with Gasteiger partial charge >= 0.3 is 0 Å². The first-order valence-corrected chi connectivity index (χ1v) is 8.97. The first-order chi connectivity index (χ1) is 11.4. The summed E-state index contributed by atoms with van der Waals surface area (Å²) in [4.78, 5) is 26.0. The minimum atomic E-state index is -3.78. The molecule has 132 valence electrons. The summed E-state index contributed by atoms with van der Waals surface area (Å²) < 4.78 is 32.0. The number of hydrogen-bond donors (Lipinski definition) is 1. The molecule has 0 radical (unpaired) electrons. The van der Waals surface area contributed by atoms with Gasteiger partial charge in [0.1, 0.15) is 5.75 Å². The number of nitrogens with zero attached hydrogens (tertiary/aromatic N) is 2. The highest BCUT2D eigenvalue weighted by molar-refractivity contribution is 7.89. The van der Waals surface area contributed by atoms with Crippen LogP contribution in [-0.4, -0.2) is 70.4 Å². The monoisotopic (exact) mass is 355 g/mol. The van der Waals surface area contributed by atoms with Crippen molar-refractivity contribution in [1.29, 1.82) is 0 Å². The fourth-order valence-corrected chi connectivity index (χ4v) is 3.51. The lowest BCUT2D eigenvalue weighted by Gasteiger charge is -2.32. The summed E-state index contributed by atoms with van der Waals surface area (Å²) in [5.74, 6) is 0.285. The summed E-state index contributed by atoms with van der Waals surface area (Å²) in [6.07, 6.45) is 0.747. The van der Waals surface area contributed by atoms with E-state index in [1.54, 1.807) is 22.8 Å². The van der Waals surface area contributed by atoms with Crippen LogP contribution >= 0.6 is 0 Å². The molecule has 0 atom stereocenters. The molecule has 1 heterocycles. The molecule has 0 unspecified atom stereocenters. The van der Waals surface area contributed by atoms with Crippen molar-refractivity contribution < 1.29 is 22.7 Å². The van der Waals surface area contributed by atoms with Gasteiger partial charge in [-0.1, -0.05) is 0 Å². The summed E-state index contributed by atoms with van der Waals surface area (Å²) >= 11 is 0. The summed E-state index contributed by atoms with van der Waals surface area (Å²) in [5, 5.41) is 0. The number of carbonyl (C=O) groups excluding carboxylic acids is 2. The maximum absolute atomic E-state index is 12.3. The first-order valence-electron chi connectivity index (χ1n) is 7.49. The molecule has 0 aromatic heterocycles. The van der Waals surface area contributed by atoms with Crippen LogP contribution in [0.1, 0.15) is 5.56 Å². The number of piperazine rings is 1. The molecule has 2 rings (SSSR count). The van der Waals surface area contributed by atoms with Gasteiger partial charge in [0.25, 0.3) is 0 Å². The van der Waals surface area contributed by atoms with E-state index in [2.05, 4.69) is 4.72 Å². The molecule has 1 fully saturated rings. The number of benzene rings is 1. The summed E-state index contributed by atoms with van der Waals surface area (Å²) in [6.45, 7) is 3.16. The van der Waals surface area contributed by atoms with Gasteiger partial charge in [-0.2, -0.15) is 0 Å². The topological polar surface area (TPSA) is 96.0 Å². The molecule has 0 bridgehead atoms. The minimum Gasteiger partial charge on any atom is -0.496 e. The Morgan fingerprint density at radius 2 is 1.96 bits per heavy atom. The van der Waals surface area contributed by atoms with Crippen molar-refractivity contribution in [1.82, 2.24) is 14.5 Å². The van der Waals surface area contributed by atoms with Crippen molar-refractivity contribution in [2.45, 2.75) is 11.8 Å². The van der Waals surface area contributed by atoms with Crippen molar-refractivity contribution in [2.24, 2.45) is 0 Å². The number of sulfonamides is 1. The third kappa shape index (κ3) is 4.24. The van der Waals surface area contributed by atoms with E-state index in [4.69, 9.17) is 4.74 Å². The number of aryl methyl sites for hydroxylation is 1. The minimum absolute atomic E-state index is 0.0828. The Kier molecular flexibility index (Phi) is 5.79. The molecule has 1 aliphatic rings. The molecule has 9 heteroatoms. The van der Waals surface area contributed by atoms with Gasteiger partial charge in [-0.3, -0.25) is 9.59 Å². The quantitative estimate of drug-likeness (QED) is 0.700. The van der Waals surface area contributed by atoms with Crippen LogP contribution in [0.3, 0.4) is 0 Å². The van der Waals surface area contributed by atoms with Crippen molar-refractivity contribution in [3.8, 4) is 5.75 Å². The summed E-state index contributed by atoms with van der Waals surface area (Å²) in [7, 11) is -2.26. The average molecular weight is 355 g/mol. The Hall–Kier alpha value is -2.13. The van der Waals surface area contributed by atoms with E-state index in [1.807, 2.05) is 0 Å². The number of hydrogen-bond acceptors (Lipinski definition) is 5. The molecular weight excluding hydrogens is 334 g/mol. The second kappa shape index (κ2) is 7.63. The molecule has 8 nitrogen and oxygen atoms in total. The lowest BCUT2D eigenvalue weighted by atomic mass is 10.2. The number of carbonyl (C=O) groups is 2.